The van der Waals surface area contributed by atoms with Crippen LogP contribution in [0.4, 0.5) is 0 Å². The minimum Gasteiger partial charge on any atom is -0.451 e. The van der Waals surface area contributed by atoms with E-state index in [0.29, 0.717) is 6.42 Å². The van der Waals surface area contributed by atoms with E-state index in [-0.39, 0.29) is 5.97 Å². The molecule has 0 spiro atoms. The summed E-state index contributed by atoms with van der Waals surface area (Å²) in [6.07, 6.45) is 0.623. The topological polar surface area (TPSA) is 26.3 Å². The van der Waals surface area contributed by atoms with Crippen molar-refractivity contribution in [1.82, 2.24) is 0 Å². The third-order valence-electron chi connectivity index (χ3n) is 2.51. The Kier molecular flexibility index (Phi) is 5.22. The Morgan fingerprint density at radius 3 is 2.12 bits per heavy atom. The molecule has 17 heavy (non-hydrogen) atoms. The van der Waals surface area contributed by atoms with Gasteiger partial charge in [-0.3, -0.25) is 4.79 Å². The molecule has 1 unspecified atom stereocenters. The van der Waals surface area contributed by atoms with Crippen LogP contribution >= 0.6 is 47.8 Å². The molecule has 0 amide bonds. The molecule has 0 bridgehead atoms. The first kappa shape index (κ1) is 15.2. The SMILES string of the molecule is CCC(OC(C)=O)(c1ccccc1)C(Br)(Br)Br. The summed E-state index contributed by atoms with van der Waals surface area (Å²) in [5.41, 5.74) is 0.114. The third kappa shape index (κ3) is 3.32. The zero-order chi connectivity index (χ0) is 13.1. The molecule has 0 N–H and O–H groups in total. The average Bonchev–Trinajstić information content (AvgIpc) is 2.25. The number of benzene rings is 1. The van der Waals surface area contributed by atoms with Crippen molar-refractivity contribution < 1.29 is 9.53 Å². The van der Waals surface area contributed by atoms with Gasteiger partial charge in [0.2, 0.25) is 0 Å². The molecule has 1 atom stereocenters. The Bertz CT molecular complexity index is 386. The van der Waals surface area contributed by atoms with Crippen molar-refractivity contribution in [3.8, 4) is 0 Å². The maximum Gasteiger partial charge on any atom is 0.303 e. The summed E-state index contributed by atoms with van der Waals surface area (Å²) >= 11 is 10.5. The second-order valence-corrected chi connectivity index (χ2v) is 10.4. The lowest BCUT2D eigenvalue weighted by Gasteiger charge is -2.39. The van der Waals surface area contributed by atoms with E-state index < -0.39 is 7.74 Å². The summed E-state index contributed by atoms with van der Waals surface area (Å²) in [6.45, 7) is 3.38. The van der Waals surface area contributed by atoms with Crippen LogP contribution < -0.4 is 0 Å². The Morgan fingerprint density at radius 1 is 1.24 bits per heavy atom. The van der Waals surface area contributed by atoms with Crippen LogP contribution in [0.3, 0.4) is 0 Å². The van der Waals surface area contributed by atoms with E-state index in [1.807, 2.05) is 37.3 Å². The fraction of sp³-hybridized carbons (Fsp3) is 0.417. The first-order chi connectivity index (χ1) is 7.83. The number of ether oxygens (including phenoxy) is 1. The van der Waals surface area contributed by atoms with Crippen molar-refractivity contribution in [2.45, 2.75) is 28.0 Å². The standard InChI is InChI=1S/C12H13Br3O2/c1-3-11(12(13,14)15,17-9(2)16)10-7-5-4-6-8-10/h4-8H,3H2,1-2H3. The molecular weight excluding hydrogens is 416 g/mol. The van der Waals surface area contributed by atoms with Crippen molar-refractivity contribution in [3.05, 3.63) is 35.9 Å². The van der Waals surface area contributed by atoms with E-state index in [2.05, 4.69) is 47.8 Å². The second kappa shape index (κ2) is 5.85. The minimum atomic E-state index is -0.805. The lowest BCUT2D eigenvalue weighted by molar-refractivity contribution is -0.157. The van der Waals surface area contributed by atoms with Crippen LogP contribution in [0, 0.1) is 0 Å². The van der Waals surface area contributed by atoms with Gasteiger partial charge in [-0.1, -0.05) is 85.0 Å². The highest BCUT2D eigenvalue weighted by Crippen LogP contribution is 2.53. The highest BCUT2D eigenvalue weighted by molar-refractivity contribution is 9.39. The second-order valence-electron chi connectivity index (χ2n) is 3.64. The summed E-state index contributed by atoms with van der Waals surface area (Å²) in [7, 11) is 0. The monoisotopic (exact) mass is 426 g/mol. The van der Waals surface area contributed by atoms with Crippen LogP contribution in [0.25, 0.3) is 0 Å². The maximum atomic E-state index is 11.4. The maximum absolute atomic E-state index is 11.4. The van der Waals surface area contributed by atoms with Gasteiger partial charge in [-0.15, -0.1) is 0 Å². The Morgan fingerprint density at radius 2 is 1.76 bits per heavy atom. The molecule has 1 rings (SSSR count). The van der Waals surface area contributed by atoms with Crippen molar-refractivity contribution in [2.75, 3.05) is 0 Å². The van der Waals surface area contributed by atoms with E-state index in [0.717, 1.165) is 5.56 Å². The van der Waals surface area contributed by atoms with Crippen molar-refractivity contribution >= 4 is 53.8 Å². The molecule has 0 saturated carbocycles. The molecule has 5 heteroatoms. The zero-order valence-electron chi connectivity index (χ0n) is 9.54. The number of rotatable bonds is 3. The highest BCUT2D eigenvalue weighted by Gasteiger charge is 2.50. The van der Waals surface area contributed by atoms with Gasteiger partial charge in [0.25, 0.3) is 0 Å². The summed E-state index contributed by atoms with van der Waals surface area (Å²) in [6, 6.07) is 9.63. The Labute approximate surface area is 126 Å². The Hall–Kier alpha value is 0.130. The molecule has 0 saturated heterocycles. The van der Waals surface area contributed by atoms with E-state index >= 15 is 0 Å². The first-order valence-corrected chi connectivity index (χ1v) is 7.53. The molecule has 1 aromatic rings. The predicted octanol–water partition coefficient (Wildman–Crippen LogP) is 4.69. The van der Waals surface area contributed by atoms with Gasteiger partial charge in [-0.05, 0) is 12.0 Å². The van der Waals surface area contributed by atoms with Crippen molar-refractivity contribution in [1.29, 1.82) is 0 Å². The van der Waals surface area contributed by atoms with Gasteiger partial charge in [-0.25, -0.2) is 0 Å². The number of carbonyl (C=O) groups excluding carboxylic acids is 1. The van der Waals surface area contributed by atoms with Crippen LogP contribution in [-0.2, 0) is 15.1 Å². The summed E-state index contributed by atoms with van der Waals surface area (Å²) in [5.74, 6) is -0.321. The van der Waals surface area contributed by atoms with Gasteiger partial charge in [0.15, 0.2) is 7.74 Å². The van der Waals surface area contributed by atoms with Crippen molar-refractivity contribution in [3.63, 3.8) is 0 Å². The summed E-state index contributed by atoms with van der Waals surface area (Å²) < 4.78 is 4.85. The number of carbonyl (C=O) groups is 1. The molecule has 1 aromatic carbocycles. The number of alkyl halides is 3. The van der Waals surface area contributed by atoms with Crippen molar-refractivity contribution in [2.24, 2.45) is 0 Å². The highest BCUT2D eigenvalue weighted by atomic mass is 80.0. The molecule has 0 aliphatic rings. The van der Waals surface area contributed by atoms with Gasteiger partial charge in [0.1, 0.15) is 0 Å². The van der Waals surface area contributed by atoms with Gasteiger partial charge in [0.05, 0.1) is 0 Å². The van der Waals surface area contributed by atoms with Crippen LogP contribution in [0.5, 0.6) is 0 Å². The van der Waals surface area contributed by atoms with E-state index in [1.165, 1.54) is 6.92 Å². The van der Waals surface area contributed by atoms with Crippen LogP contribution in [-0.4, -0.2) is 8.11 Å². The number of hydrogen-bond donors (Lipinski definition) is 0. The van der Waals surface area contributed by atoms with Gasteiger partial charge in [0, 0.05) is 6.92 Å². The third-order valence-corrected chi connectivity index (χ3v) is 4.44. The zero-order valence-corrected chi connectivity index (χ0v) is 14.3. The smallest absolute Gasteiger partial charge is 0.303 e. The molecule has 0 heterocycles. The largest absolute Gasteiger partial charge is 0.451 e. The molecule has 2 nitrogen and oxygen atoms in total. The van der Waals surface area contributed by atoms with Crippen LogP contribution in [0.15, 0.2) is 30.3 Å². The fourth-order valence-electron chi connectivity index (χ4n) is 1.71. The first-order valence-electron chi connectivity index (χ1n) is 5.15. The normalized spacial score (nSPS) is 15.1. The minimum absolute atomic E-state index is 0.321. The molecule has 0 aromatic heterocycles. The molecule has 0 aliphatic carbocycles. The Balaban J connectivity index is 3.31. The number of hydrogen-bond acceptors (Lipinski definition) is 2. The van der Waals surface area contributed by atoms with E-state index in [1.54, 1.807) is 0 Å². The van der Waals surface area contributed by atoms with Gasteiger partial charge in [-0.2, -0.15) is 0 Å². The fourth-order valence-corrected chi connectivity index (χ4v) is 3.48. The molecular formula is C12H13Br3O2. The summed E-state index contributed by atoms with van der Waals surface area (Å²) in [4.78, 5) is 11.4. The summed E-state index contributed by atoms with van der Waals surface area (Å²) in [5, 5.41) is 0. The number of esters is 1. The van der Waals surface area contributed by atoms with E-state index in [9.17, 15) is 4.79 Å². The predicted molar refractivity (Wildman–Crippen MR) is 79.7 cm³/mol. The van der Waals surface area contributed by atoms with Crippen LogP contribution in [0.2, 0.25) is 0 Å². The molecule has 0 fully saturated rings. The number of halogens is 3. The quantitative estimate of drug-likeness (QED) is 0.515. The lowest BCUT2D eigenvalue weighted by atomic mass is 9.93. The van der Waals surface area contributed by atoms with Gasteiger partial charge < -0.3 is 4.74 Å². The average molecular weight is 429 g/mol. The molecule has 0 radical (unpaired) electrons. The van der Waals surface area contributed by atoms with Crippen LogP contribution in [0.1, 0.15) is 25.8 Å². The van der Waals surface area contributed by atoms with E-state index in [4.69, 9.17) is 4.74 Å². The molecule has 94 valence electrons. The lowest BCUT2D eigenvalue weighted by Crippen LogP contribution is -2.42. The van der Waals surface area contributed by atoms with Gasteiger partial charge >= 0.3 is 5.97 Å². The molecule has 0 aliphatic heterocycles.